The molecule has 0 saturated heterocycles. The number of thiocarbonyl (C=S) groups is 1. The number of rotatable bonds is 6. The quantitative estimate of drug-likeness (QED) is 0.508. The van der Waals surface area contributed by atoms with Gasteiger partial charge in [0.25, 0.3) is 5.91 Å². The van der Waals surface area contributed by atoms with Crippen LogP contribution >= 0.6 is 12.2 Å². The molecule has 7 nitrogen and oxygen atoms in total. The summed E-state index contributed by atoms with van der Waals surface area (Å²) < 4.78 is 26.8. The van der Waals surface area contributed by atoms with E-state index in [4.69, 9.17) is 12.2 Å². The van der Waals surface area contributed by atoms with Crippen molar-refractivity contribution in [3.63, 3.8) is 0 Å². The van der Waals surface area contributed by atoms with Crippen molar-refractivity contribution in [1.29, 1.82) is 0 Å². The fourth-order valence-corrected chi connectivity index (χ4v) is 4.20. The second-order valence-electron chi connectivity index (χ2n) is 5.78. The summed E-state index contributed by atoms with van der Waals surface area (Å²) in [5.74, 6) is -0.469. The highest BCUT2D eigenvalue weighted by molar-refractivity contribution is 7.89. The molecule has 9 heteroatoms. The summed E-state index contributed by atoms with van der Waals surface area (Å²) in [6.45, 7) is 9.83. The molecule has 0 saturated carbocycles. The minimum Gasteiger partial charge on any atom is -0.359 e. The lowest BCUT2D eigenvalue weighted by Gasteiger charge is -2.20. The van der Waals surface area contributed by atoms with Crippen LogP contribution in [0.4, 0.5) is 0 Å². The molecule has 0 bridgehead atoms. The van der Waals surface area contributed by atoms with Crippen molar-refractivity contribution in [3.05, 3.63) is 29.3 Å². The van der Waals surface area contributed by atoms with E-state index >= 15 is 0 Å². The highest BCUT2D eigenvalue weighted by atomic mass is 32.2. The van der Waals surface area contributed by atoms with Crippen LogP contribution in [0.3, 0.4) is 0 Å². The number of hydrogen-bond donors (Lipinski definition) is 3. The molecule has 1 aromatic carbocycles. The summed E-state index contributed by atoms with van der Waals surface area (Å²) in [4.78, 5) is 12.4. The number of nitrogens with one attached hydrogen (secondary N) is 3. The minimum absolute atomic E-state index is 0.127. The van der Waals surface area contributed by atoms with Gasteiger partial charge < -0.3 is 5.32 Å². The Hall–Kier alpha value is -1.71. The molecule has 0 spiro atoms. The van der Waals surface area contributed by atoms with E-state index in [1.54, 1.807) is 32.9 Å². The smallest absolute Gasteiger partial charge is 0.269 e. The first-order valence-corrected chi connectivity index (χ1v) is 9.95. The van der Waals surface area contributed by atoms with E-state index in [1.807, 2.05) is 13.8 Å². The van der Waals surface area contributed by atoms with Crippen LogP contribution in [0.5, 0.6) is 0 Å². The zero-order valence-electron chi connectivity index (χ0n) is 15.2. The largest absolute Gasteiger partial charge is 0.359 e. The normalized spacial score (nSPS) is 11.5. The summed E-state index contributed by atoms with van der Waals surface area (Å²) in [5, 5.41) is 3.21. The number of amides is 1. The minimum atomic E-state index is -3.64. The lowest BCUT2D eigenvalue weighted by molar-refractivity contribution is 0.0943. The lowest BCUT2D eigenvalue weighted by Crippen LogP contribution is -2.48. The standard InChI is InChI=1S/C16H26N4O3S2/c1-6-20(7-2)25(22,23)14-10-13(9-8-12(14)5)15(21)18-19-16(24)17-11(3)4/h8-11H,6-7H2,1-5H3,(H,18,21)(H2,17,19,24). The molecule has 0 aliphatic rings. The summed E-state index contributed by atoms with van der Waals surface area (Å²) in [5.41, 5.74) is 5.87. The fraction of sp³-hybridized carbons (Fsp3) is 0.500. The Morgan fingerprint density at radius 1 is 1.20 bits per heavy atom. The van der Waals surface area contributed by atoms with Gasteiger partial charge in [0.2, 0.25) is 10.0 Å². The molecular formula is C16H26N4O3S2. The maximum Gasteiger partial charge on any atom is 0.269 e. The first-order valence-electron chi connectivity index (χ1n) is 8.11. The first-order chi connectivity index (χ1) is 11.6. The number of carbonyl (C=O) groups excluding carboxylic acids is 1. The predicted octanol–water partition coefficient (Wildman–Crippen LogP) is 1.54. The van der Waals surface area contributed by atoms with Gasteiger partial charge in [-0.15, -0.1) is 0 Å². The van der Waals surface area contributed by atoms with Crippen molar-refractivity contribution in [2.75, 3.05) is 13.1 Å². The van der Waals surface area contributed by atoms with Crippen LogP contribution in [0.1, 0.15) is 43.6 Å². The molecule has 0 aliphatic heterocycles. The van der Waals surface area contributed by atoms with E-state index in [1.165, 1.54) is 10.4 Å². The number of carbonyl (C=O) groups is 1. The molecule has 25 heavy (non-hydrogen) atoms. The fourth-order valence-electron chi connectivity index (χ4n) is 2.21. The maximum absolute atomic E-state index is 12.7. The third-order valence-corrected chi connectivity index (χ3v) is 5.89. The molecule has 1 amide bonds. The van der Waals surface area contributed by atoms with E-state index in [9.17, 15) is 13.2 Å². The monoisotopic (exact) mass is 386 g/mol. The van der Waals surface area contributed by atoms with Crippen molar-refractivity contribution >= 4 is 33.3 Å². The van der Waals surface area contributed by atoms with Gasteiger partial charge in [-0.2, -0.15) is 4.31 Å². The highest BCUT2D eigenvalue weighted by Crippen LogP contribution is 2.21. The van der Waals surface area contributed by atoms with Gasteiger partial charge in [-0.3, -0.25) is 15.6 Å². The molecule has 0 radical (unpaired) electrons. The summed E-state index contributed by atoms with van der Waals surface area (Å²) >= 11 is 5.03. The Labute approximate surface area is 155 Å². The van der Waals surface area contributed by atoms with E-state index in [-0.39, 0.29) is 21.6 Å². The third-order valence-electron chi connectivity index (χ3n) is 3.48. The molecule has 1 aromatic rings. The topological polar surface area (TPSA) is 90.5 Å². The van der Waals surface area contributed by atoms with Gasteiger partial charge >= 0.3 is 0 Å². The second-order valence-corrected chi connectivity index (χ2v) is 8.09. The van der Waals surface area contributed by atoms with Gasteiger partial charge in [-0.25, -0.2) is 8.42 Å². The van der Waals surface area contributed by atoms with Crippen molar-refractivity contribution in [3.8, 4) is 0 Å². The van der Waals surface area contributed by atoms with Crippen molar-refractivity contribution < 1.29 is 13.2 Å². The summed E-state index contributed by atoms with van der Waals surface area (Å²) in [6, 6.07) is 4.71. The molecule has 3 N–H and O–H groups in total. The Balaban J connectivity index is 3.01. The van der Waals surface area contributed by atoms with Crippen molar-refractivity contribution in [2.24, 2.45) is 0 Å². The second kappa shape index (κ2) is 9.12. The van der Waals surface area contributed by atoms with Crippen molar-refractivity contribution in [2.45, 2.75) is 45.6 Å². The van der Waals surface area contributed by atoms with E-state index in [2.05, 4.69) is 16.2 Å². The number of aryl methyl sites for hydroxylation is 1. The maximum atomic E-state index is 12.7. The number of hydrogen-bond acceptors (Lipinski definition) is 4. The molecule has 140 valence electrons. The molecule has 0 heterocycles. The number of sulfonamides is 1. The third kappa shape index (κ3) is 5.65. The first kappa shape index (κ1) is 21.3. The van der Waals surface area contributed by atoms with Crippen LogP contribution in [-0.2, 0) is 10.0 Å². The van der Waals surface area contributed by atoms with Crippen LogP contribution in [-0.4, -0.2) is 42.9 Å². The molecule has 0 fully saturated rings. The molecular weight excluding hydrogens is 360 g/mol. The van der Waals surface area contributed by atoms with E-state index < -0.39 is 15.9 Å². The molecule has 0 atom stereocenters. The Morgan fingerprint density at radius 3 is 2.32 bits per heavy atom. The van der Waals surface area contributed by atoms with Gasteiger partial charge in [0.15, 0.2) is 5.11 Å². The van der Waals surface area contributed by atoms with Crippen LogP contribution in [0.2, 0.25) is 0 Å². The van der Waals surface area contributed by atoms with Crippen molar-refractivity contribution in [1.82, 2.24) is 20.5 Å². The van der Waals surface area contributed by atoms with E-state index in [0.29, 0.717) is 18.7 Å². The van der Waals surface area contributed by atoms with E-state index in [0.717, 1.165) is 0 Å². The Morgan fingerprint density at radius 2 is 1.80 bits per heavy atom. The van der Waals surface area contributed by atoms with Gasteiger partial charge in [-0.1, -0.05) is 19.9 Å². The van der Waals surface area contributed by atoms with Gasteiger partial charge in [0, 0.05) is 24.7 Å². The zero-order chi connectivity index (χ0) is 19.2. The molecule has 0 aliphatic carbocycles. The Bertz CT molecular complexity index is 729. The van der Waals surface area contributed by atoms with Gasteiger partial charge in [-0.05, 0) is 50.7 Å². The average Bonchev–Trinajstić information content (AvgIpc) is 2.53. The molecule has 0 unspecified atom stereocenters. The van der Waals surface area contributed by atoms with Gasteiger partial charge in [0.1, 0.15) is 0 Å². The van der Waals surface area contributed by atoms with Gasteiger partial charge in [0.05, 0.1) is 4.90 Å². The summed E-state index contributed by atoms with van der Waals surface area (Å²) in [6.07, 6.45) is 0. The van der Waals surface area contributed by atoms with Crippen LogP contribution < -0.4 is 16.2 Å². The SMILES string of the molecule is CCN(CC)S(=O)(=O)c1cc(C(=O)NNC(=S)NC(C)C)ccc1C. The van der Waals surface area contributed by atoms with Crippen LogP contribution in [0.15, 0.2) is 23.1 Å². The number of hydrazine groups is 1. The predicted molar refractivity (Wildman–Crippen MR) is 103 cm³/mol. The highest BCUT2D eigenvalue weighted by Gasteiger charge is 2.24. The lowest BCUT2D eigenvalue weighted by atomic mass is 10.1. The van der Waals surface area contributed by atoms with Crippen LogP contribution in [0.25, 0.3) is 0 Å². The molecule has 1 rings (SSSR count). The summed E-state index contributed by atoms with van der Waals surface area (Å²) in [7, 11) is -3.64. The number of nitrogens with zero attached hydrogens (tertiary/aromatic N) is 1. The van der Waals surface area contributed by atoms with Crippen LogP contribution in [0, 0.1) is 6.92 Å². The molecule has 0 aromatic heterocycles. The average molecular weight is 387 g/mol. The Kier molecular flexibility index (Phi) is 7.78. The number of benzene rings is 1. The zero-order valence-corrected chi connectivity index (χ0v) is 16.8.